The molecule has 1 amide bonds. The topological polar surface area (TPSA) is 110 Å². The summed E-state index contributed by atoms with van der Waals surface area (Å²) in [6, 6.07) is 5.96. The van der Waals surface area contributed by atoms with Crippen LogP contribution in [0.2, 0.25) is 0 Å². The smallest absolute Gasteiger partial charge is 0.228 e. The number of pyridine rings is 3. The number of aromatic nitrogens is 5. The highest BCUT2D eigenvalue weighted by molar-refractivity contribution is 6.03. The number of hydrogen-bond donors (Lipinski definition) is 2. The van der Waals surface area contributed by atoms with Crippen molar-refractivity contribution in [1.29, 1.82) is 0 Å². The van der Waals surface area contributed by atoms with E-state index in [4.69, 9.17) is 14.8 Å². The van der Waals surface area contributed by atoms with Crippen LogP contribution in [0.1, 0.15) is 26.7 Å². The van der Waals surface area contributed by atoms with Crippen molar-refractivity contribution in [3.8, 4) is 11.4 Å². The molecule has 36 heavy (non-hydrogen) atoms. The first-order chi connectivity index (χ1) is 17.5. The molecule has 6 rings (SSSR count). The zero-order valence-electron chi connectivity index (χ0n) is 20.7. The zero-order valence-corrected chi connectivity index (χ0v) is 20.7. The van der Waals surface area contributed by atoms with E-state index in [2.05, 4.69) is 45.4 Å². The molecule has 10 nitrogen and oxygen atoms in total. The second kappa shape index (κ2) is 9.02. The molecular formula is C26H30N8O2. The van der Waals surface area contributed by atoms with Crippen LogP contribution in [0.15, 0.2) is 36.8 Å². The normalized spacial score (nSPS) is 21.6. The van der Waals surface area contributed by atoms with E-state index in [1.54, 1.807) is 12.4 Å². The van der Waals surface area contributed by atoms with E-state index in [-0.39, 0.29) is 17.9 Å². The van der Waals surface area contributed by atoms with Gasteiger partial charge < -0.3 is 20.3 Å². The van der Waals surface area contributed by atoms with Gasteiger partial charge in [0.1, 0.15) is 11.6 Å². The van der Waals surface area contributed by atoms with Gasteiger partial charge in [0.25, 0.3) is 0 Å². The number of morpholine rings is 1. The highest BCUT2D eigenvalue weighted by atomic mass is 16.5. The molecule has 1 aliphatic carbocycles. The Balaban J connectivity index is 1.37. The predicted molar refractivity (Wildman–Crippen MR) is 139 cm³/mol. The number of nitrogens with zero attached hydrogens (tertiary/aromatic N) is 6. The molecule has 1 saturated carbocycles. The van der Waals surface area contributed by atoms with Crippen LogP contribution in [0, 0.1) is 11.8 Å². The maximum atomic E-state index is 12.5. The Morgan fingerprint density at radius 2 is 2.08 bits per heavy atom. The first-order valence-electron chi connectivity index (χ1n) is 12.5. The minimum atomic E-state index is 0.0191. The van der Waals surface area contributed by atoms with Gasteiger partial charge in [-0.15, -0.1) is 5.10 Å². The van der Waals surface area contributed by atoms with Crippen LogP contribution in [-0.4, -0.2) is 63.3 Å². The lowest BCUT2D eigenvalue weighted by atomic mass is 10.1. The van der Waals surface area contributed by atoms with Gasteiger partial charge in [-0.05, 0) is 37.0 Å². The summed E-state index contributed by atoms with van der Waals surface area (Å²) in [6.45, 7) is 6.68. The van der Waals surface area contributed by atoms with Crippen molar-refractivity contribution >= 4 is 39.6 Å². The number of anilines is 3. The molecule has 2 fully saturated rings. The number of fused-ring (bicyclic) bond motifs is 2. The van der Waals surface area contributed by atoms with Gasteiger partial charge in [-0.2, -0.15) is 0 Å². The van der Waals surface area contributed by atoms with Crippen LogP contribution in [0.5, 0.6) is 0 Å². The number of nitrogens with one attached hydrogen (secondary N) is 2. The number of ether oxygens (including phenoxy) is 1. The van der Waals surface area contributed by atoms with Crippen molar-refractivity contribution in [2.45, 2.75) is 32.8 Å². The fourth-order valence-electron chi connectivity index (χ4n) is 4.86. The van der Waals surface area contributed by atoms with Crippen LogP contribution >= 0.6 is 0 Å². The molecule has 0 spiro atoms. The molecule has 4 aromatic rings. The van der Waals surface area contributed by atoms with E-state index < -0.39 is 0 Å². The first kappa shape index (κ1) is 22.7. The molecule has 186 valence electrons. The Labute approximate surface area is 209 Å². The standard InChI is InChI=1S/C26H30N8O2/c1-4-17-14-33(7-8-36-17)16-5-6-23-31-25(32-34(23)13-16)21-12-29-24(27-3)20-11-28-22(10-19(20)21)30-26(35)18-9-15(18)2/h5-6,10-13,15,17-18H,4,7-9,14H2,1-3H3,(H,27,29)(H,28,30,35)/t15-,17+,18+/m1/s1. The molecule has 2 N–H and O–H groups in total. The average molecular weight is 487 g/mol. The van der Waals surface area contributed by atoms with Gasteiger partial charge in [0.2, 0.25) is 5.91 Å². The van der Waals surface area contributed by atoms with Crippen LogP contribution in [0.3, 0.4) is 0 Å². The summed E-state index contributed by atoms with van der Waals surface area (Å²) in [5.74, 6) is 2.31. The van der Waals surface area contributed by atoms with Crippen molar-refractivity contribution in [3.63, 3.8) is 0 Å². The maximum Gasteiger partial charge on any atom is 0.228 e. The molecule has 5 heterocycles. The van der Waals surface area contributed by atoms with E-state index in [0.29, 0.717) is 23.4 Å². The minimum absolute atomic E-state index is 0.0191. The molecule has 4 aromatic heterocycles. The maximum absolute atomic E-state index is 12.5. The molecule has 0 unspecified atom stereocenters. The first-order valence-corrected chi connectivity index (χ1v) is 12.5. The summed E-state index contributed by atoms with van der Waals surface area (Å²) in [4.78, 5) is 28.7. The molecule has 3 atom stereocenters. The molecule has 1 saturated heterocycles. The minimum Gasteiger partial charge on any atom is -0.375 e. The zero-order chi connectivity index (χ0) is 24.8. The lowest BCUT2D eigenvalue weighted by Gasteiger charge is -2.34. The highest BCUT2D eigenvalue weighted by Crippen LogP contribution is 2.39. The van der Waals surface area contributed by atoms with Gasteiger partial charge in [-0.1, -0.05) is 13.8 Å². The second-order valence-corrected chi connectivity index (χ2v) is 9.67. The van der Waals surface area contributed by atoms with Gasteiger partial charge in [-0.3, -0.25) is 4.79 Å². The van der Waals surface area contributed by atoms with Crippen LogP contribution in [0.25, 0.3) is 27.8 Å². The largest absolute Gasteiger partial charge is 0.375 e. The molecule has 0 aromatic carbocycles. The van der Waals surface area contributed by atoms with Crippen molar-refractivity contribution in [2.24, 2.45) is 11.8 Å². The SMILES string of the molecule is CC[C@H]1CN(c2ccc3nc(-c4cnc(NC)c5cnc(NC(=O)[C@H]6C[C@H]6C)cc45)nn3c2)CCO1. The van der Waals surface area contributed by atoms with Gasteiger partial charge in [0, 0.05) is 54.8 Å². The van der Waals surface area contributed by atoms with E-state index in [1.807, 2.05) is 29.9 Å². The van der Waals surface area contributed by atoms with Gasteiger partial charge >= 0.3 is 0 Å². The Bertz CT molecular complexity index is 1450. The second-order valence-electron chi connectivity index (χ2n) is 9.67. The molecule has 0 radical (unpaired) electrons. The summed E-state index contributed by atoms with van der Waals surface area (Å²) in [6.07, 6.45) is 7.69. The summed E-state index contributed by atoms with van der Waals surface area (Å²) in [7, 11) is 1.82. The fourth-order valence-corrected chi connectivity index (χ4v) is 4.86. The monoisotopic (exact) mass is 486 g/mol. The van der Waals surface area contributed by atoms with Crippen LogP contribution in [0.4, 0.5) is 17.3 Å². The van der Waals surface area contributed by atoms with Crippen molar-refractivity contribution in [1.82, 2.24) is 24.6 Å². The third kappa shape index (κ3) is 4.11. The van der Waals surface area contributed by atoms with E-state index in [1.165, 1.54) is 0 Å². The number of rotatable bonds is 6. The molecule has 2 aliphatic rings. The van der Waals surface area contributed by atoms with Crippen molar-refractivity contribution < 1.29 is 9.53 Å². The van der Waals surface area contributed by atoms with Gasteiger partial charge in [0.15, 0.2) is 11.5 Å². The lowest BCUT2D eigenvalue weighted by molar-refractivity contribution is -0.117. The Kier molecular flexibility index (Phi) is 5.67. The highest BCUT2D eigenvalue weighted by Gasteiger charge is 2.39. The van der Waals surface area contributed by atoms with E-state index in [0.717, 1.165) is 60.2 Å². The Morgan fingerprint density at radius 1 is 1.22 bits per heavy atom. The molecule has 1 aliphatic heterocycles. The number of carbonyl (C=O) groups excluding carboxylic acids is 1. The van der Waals surface area contributed by atoms with Crippen molar-refractivity contribution in [2.75, 3.05) is 42.3 Å². The molecular weight excluding hydrogens is 456 g/mol. The number of amides is 1. The van der Waals surface area contributed by atoms with Crippen molar-refractivity contribution in [3.05, 3.63) is 36.8 Å². The van der Waals surface area contributed by atoms with Gasteiger partial charge in [-0.25, -0.2) is 19.5 Å². The summed E-state index contributed by atoms with van der Waals surface area (Å²) in [5.41, 5.74) is 2.63. The van der Waals surface area contributed by atoms with E-state index in [9.17, 15) is 4.79 Å². The summed E-state index contributed by atoms with van der Waals surface area (Å²) in [5, 5.41) is 12.6. The third-order valence-corrected chi connectivity index (χ3v) is 7.22. The molecule has 0 bridgehead atoms. The predicted octanol–water partition coefficient (Wildman–Crippen LogP) is 3.59. The third-order valence-electron chi connectivity index (χ3n) is 7.22. The van der Waals surface area contributed by atoms with Crippen LogP contribution < -0.4 is 15.5 Å². The lowest BCUT2D eigenvalue weighted by Crippen LogP contribution is -2.42. The Hall–Kier alpha value is -3.79. The average Bonchev–Trinajstić information content (AvgIpc) is 3.50. The molecule has 10 heteroatoms. The number of hydrogen-bond acceptors (Lipinski definition) is 8. The van der Waals surface area contributed by atoms with E-state index >= 15 is 0 Å². The van der Waals surface area contributed by atoms with Gasteiger partial charge in [0.05, 0.1) is 24.6 Å². The summed E-state index contributed by atoms with van der Waals surface area (Å²) >= 11 is 0. The fraction of sp³-hybridized carbons (Fsp3) is 0.423. The number of carbonyl (C=O) groups is 1. The van der Waals surface area contributed by atoms with Crippen LogP contribution in [-0.2, 0) is 9.53 Å². The summed E-state index contributed by atoms with van der Waals surface area (Å²) < 4.78 is 7.64. The quantitative estimate of drug-likeness (QED) is 0.426. The Morgan fingerprint density at radius 3 is 2.86 bits per heavy atom.